The lowest BCUT2D eigenvalue weighted by Gasteiger charge is -2.33. The molecule has 2 aromatic rings. The van der Waals surface area contributed by atoms with E-state index in [0.717, 1.165) is 50.0 Å². The van der Waals surface area contributed by atoms with E-state index >= 15 is 0 Å². The summed E-state index contributed by atoms with van der Waals surface area (Å²) in [6.07, 6.45) is 8.19. The van der Waals surface area contributed by atoms with E-state index in [-0.39, 0.29) is 11.9 Å². The third-order valence-electron chi connectivity index (χ3n) is 6.65. The minimum Gasteiger partial charge on any atom is -0.350 e. The summed E-state index contributed by atoms with van der Waals surface area (Å²) in [4.78, 5) is 14.8. The zero-order chi connectivity index (χ0) is 22.5. The van der Waals surface area contributed by atoms with E-state index < -0.39 is 11.6 Å². The highest BCUT2D eigenvalue weighted by molar-refractivity contribution is 6.30. The fourth-order valence-electron chi connectivity index (χ4n) is 5.01. The summed E-state index contributed by atoms with van der Waals surface area (Å²) >= 11 is 6.00. The molecule has 1 amide bonds. The highest BCUT2D eigenvalue weighted by Gasteiger charge is 2.28. The normalized spacial score (nSPS) is 22.5. The number of nitrogens with zero attached hydrogens (tertiary/aromatic N) is 1. The summed E-state index contributed by atoms with van der Waals surface area (Å²) in [7, 11) is 0. The molecule has 1 aliphatic carbocycles. The average molecular weight is 459 g/mol. The summed E-state index contributed by atoms with van der Waals surface area (Å²) in [6, 6.07) is 11.6. The molecule has 1 saturated carbocycles. The molecule has 2 atom stereocenters. The van der Waals surface area contributed by atoms with Gasteiger partial charge >= 0.3 is 0 Å². The number of hydrogen-bond acceptors (Lipinski definition) is 2. The van der Waals surface area contributed by atoms with E-state index in [1.165, 1.54) is 42.7 Å². The van der Waals surface area contributed by atoms with Crippen LogP contribution in [0.1, 0.15) is 49.1 Å². The summed E-state index contributed by atoms with van der Waals surface area (Å²) in [5.41, 5.74) is 1.72. The van der Waals surface area contributed by atoms with Gasteiger partial charge in [-0.25, -0.2) is 8.78 Å². The number of amides is 1. The predicted octanol–water partition coefficient (Wildman–Crippen LogP) is 5.80. The molecule has 1 N–H and O–H groups in total. The molecule has 2 fully saturated rings. The number of carbonyl (C=O) groups excluding carboxylic acids is 1. The molecule has 0 bridgehead atoms. The monoisotopic (exact) mass is 458 g/mol. The maximum absolute atomic E-state index is 13.3. The highest BCUT2D eigenvalue weighted by Crippen LogP contribution is 2.31. The average Bonchev–Trinajstić information content (AvgIpc) is 3.19. The molecule has 2 aliphatic rings. The lowest BCUT2D eigenvalue weighted by Crippen LogP contribution is -2.37. The standard InChI is InChI=1S/C26H29ClF2N2O/c27-22-5-3-20(4-6-22)21-9-11-31(12-10-21)17-19-1-7-25(15-19)30-26(32)8-2-18-13-23(28)16-24(29)14-18/h2-6,8,13-14,16,19,21,25H,1,7,9-12,15,17H2,(H,30,32)/t19-,25+/m0/s1. The van der Waals surface area contributed by atoms with Gasteiger partial charge in [0.1, 0.15) is 11.6 Å². The van der Waals surface area contributed by atoms with Gasteiger partial charge in [-0.05, 0) is 98.5 Å². The maximum atomic E-state index is 13.3. The predicted molar refractivity (Wildman–Crippen MR) is 125 cm³/mol. The van der Waals surface area contributed by atoms with Crippen molar-refractivity contribution in [2.75, 3.05) is 19.6 Å². The molecule has 1 saturated heterocycles. The van der Waals surface area contributed by atoms with Crippen molar-refractivity contribution in [2.45, 2.75) is 44.1 Å². The molecule has 0 radical (unpaired) electrons. The number of hydrogen-bond donors (Lipinski definition) is 1. The van der Waals surface area contributed by atoms with Crippen molar-refractivity contribution in [3.63, 3.8) is 0 Å². The number of likely N-dealkylation sites (tertiary alicyclic amines) is 1. The van der Waals surface area contributed by atoms with Crippen molar-refractivity contribution in [1.82, 2.24) is 10.2 Å². The first-order valence-electron chi connectivity index (χ1n) is 11.4. The van der Waals surface area contributed by atoms with Crippen LogP contribution in [-0.2, 0) is 4.79 Å². The molecular formula is C26H29ClF2N2O. The van der Waals surface area contributed by atoms with E-state index in [2.05, 4.69) is 22.3 Å². The Morgan fingerprint density at radius 1 is 1.03 bits per heavy atom. The Balaban J connectivity index is 1.19. The third-order valence-corrected chi connectivity index (χ3v) is 6.90. The Labute approximate surface area is 193 Å². The minimum atomic E-state index is -0.652. The molecule has 3 nitrogen and oxygen atoms in total. The van der Waals surface area contributed by atoms with Crippen molar-refractivity contribution in [1.29, 1.82) is 0 Å². The Morgan fingerprint density at radius 2 is 1.72 bits per heavy atom. The van der Waals surface area contributed by atoms with E-state index in [4.69, 9.17) is 11.6 Å². The first-order valence-corrected chi connectivity index (χ1v) is 11.7. The van der Waals surface area contributed by atoms with Crippen LogP contribution < -0.4 is 5.32 Å². The van der Waals surface area contributed by atoms with Crippen molar-refractivity contribution in [3.8, 4) is 0 Å². The van der Waals surface area contributed by atoms with Crippen LogP contribution in [0.4, 0.5) is 8.78 Å². The summed E-state index contributed by atoms with van der Waals surface area (Å²) in [5, 5.41) is 3.82. The first kappa shape index (κ1) is 22.9. The molecule has 32 heavy (non-hydrogen) atoms. The van der Waals surface area contributed by atoms with Gasteiger partial charge in [-0.2, -0.15) is 0 Å². The van der Waals surface area contributed by atoms with Crippen LogP contribution in [0.3, 0.4) is 0 Å². The summed E-state index contributed by atoms with van der Waals surface area (Å²) in [5.74, 6) is -0.322. The Morgan fingerprint density at radius 3 is 2.41 bits per heavy atom. The quantitative estimate of drug-likeness (QED) is 0.555. The van der Waals surface area contributed by atoms with Gasteiger partial charge < -0.3 is 10.2 Å². The number of carbonyl (C=O) groups is 1. The molecule has 0 unspecified atom stereocenters. The SMILES string of the molecule is O=C(C=Cc1cc(F)cc(F)c1)N[C@@H]1CC[C@H](CN2CCC(c3ccc(Cl)cc3)CC2)C1. The molecule has 1 aliphatic heterocycles. The van der Waals surface area contributed by atoms with Gasteiger partial charge in [0.15, 0.2) is 0 Å². The second-order valence-electron chi connectivity index (χ2n) is 9.05. The van der Waals surface area contributed by atoms with Gasteiger partial charge in [0.25, 0.3) is 0 Å². The van der Waals surface area contributed by atoms with Crippen molar-refractivity contribution >= 4 is 23.6 Å². The van der Waals surface area contributed by atoms with Gasteiger partial charge in [0, 0.05) is 29.8 Å². The second-order valence-corrected chi connectivity index (χ2v) is 9.48. The fraction of sp³-hybridized carbons (Fsp3) is 0.423. The van der Waals surface area contributed by atoms with Crippen molar-refractivity contribution in [2.24, 2.45) is 5.92 Å². The Bertz CT molecular complexity index is 935. The molecule has 1 heterocycles. The van der Waals surface area contributed by atoms with Gasteiger partial charge in [-0.3, -0.25) is 4.79 Å². The van der Waals surface area contributed by atoms with E-state index in [1.54, 1.807) is 0 Å². The summed E-state index contributed by atoms with van der Waals surface area (Å²) in [6.45, 7) is 3.29. The van der Waals surface area contributed by atoms with Crippen molar-refractivity contribution < 1.29 is 13.6 Å². The maximum Gasteiger partial charge on any atom is 0.244 e. The Kier molecular flexibility index (Phi) is 7.59. The third kappa shape index (κ3) is 6.39. The van der Waals surface area contributed by atoms with Crippen LogP contribution in [0.5, 0.6) is 0 Å². The van der Waals surface area contributed by atoms with Crippen LogP contribution in [-0.4, -0.2) is 36.5 Å². The van der Waals surface area contributed by atoms with E-state index in [9.17, 15) is 13.6 Å². The summed E-state index contributed by atoms with van der Waals surface area (Å²) < 4.78 is 26.5. The largest absolute Gasteiger partial charge is 0.350 e. The molecule has 2 aromatic carbocycles. The molecule has 0 spiro atoms. The van der Waals surface area contributed by atoms with Crippen LogP contribution in [0.2, 0.25) is 5.02 Å². The lowest BCUT2D eigenvalue weighted by atomic mass is 9.89. The van der Waals surface area contributed by atoms with Gasteiger partial charge in [0.2, 0.25) is 5.91 Å². The lowest BCUT2D eigenvalue weighted by molar-refractivity contribution is -0.117. The zero-order valence-electron chi connectivity index (χ0n) is 18.1. The molecule has 4 rings (SSSR count). The molecule has 6 heteroatoms. The first-order chi connectivity index (χ1) is 15.4. The van der Waals surface area contributed by atoms with Gasteiger partial charge in [0.05, 0.1) is 0 Å². The van der Waals surface area contributed by atoms with Crippen LogP contribution in [0.15, 0.2) is 48.5 Å². The zero-order valence-corrected chi connectivity index (χ0v) is 18.8. The van der Waals surface area contributed by atoms with Crippen LogP contribution in [0, 0.1) is 17.6 Å². The topological polar surface area (TPSA) is 32.3 Å². The number of piperidine rings is 1. The number of nitrogens with one attached hydrogen (secondary N) is 1. The number of rotatable bonds is 6. The molecular weight excluding hydrogens is 430 g/mol. The van der Waals surface area contributed by atoms with E-state index in [0.29, 0.717) is 17.4 Å². The smallest absolute Gasteiger partial charge is 0.244 e. The minimum absolute atomic E-state index is 0.160. The second kappa shape index (κ2) is 10.6. The van der Waals surface area contributed by atoms with Crippen molar-refractivity contribution in [3.05, 3.63) is 76.3 Å². The van der Waals surface area contributed by atoms with Gasteiger partial charge in [-0.1, -0.05) is 23.7 Å². The number of halogens is 3. The van der Waals surface area contributed by atoms with Crippen LogP contribution in [0.25, 0.3) is 6.08 Å². The number of benzene rings is 2. The molecule has 170 valence electrons. The van der Waals surface area contributed by atoms with Gasteiger partial charge in [-0.15, -0.1) is 0 Å². The highest BCUT2D eigenvalue weighted by atomic mass is 35.5. The van der Waals surface area contributed by atoms with E-state index in [1.807, 2.05) is 12.1 Å². The molecule has 0 aromatic heterocycles. The Hall–Kier alpha value is -2.24. The fourth-order valence-corrected chi connectivity index (χ4v) is 5.14. The van der Waals surface area contributed by atoms with Crippen LogP contribution >= 0.6 is 11.6 Å².